The third kappa shape index (κ3) is 3.37. The summed E-state index contributed by atoms with van der Waals surface area (Å²) >= 11 is 6.15. The van der Waals surface area contributed by atoms with Crippen molar-refractivity contribution in [3.05, 3.63) is 34.9 Å². The van der Waals surface area contributed by atoms with E-state index in [2.05, 4.69) is 11.9 Å². The van der Waals surface area contributed by atoms with Gasteiger partial charge in [-0.1, -0.05) is 29.8 Å². The fraction of sp³-hybridized carbons (Fsp3) is 0.462. The Bertz CT molecular complexity index is 410. The number of carbonyl (C=O) groups is 1. The number of rotatable bonds is 3. The number of amides is 1. The van der Waals surface area contributed by atoms with E-state index >= 15 is 0 Å². The number of allylic oxidation sites excluding steroid dienone is 3. The van der Waals surface area contributed by atoms with Crippen LogP contribution in [0, 0.1) is 0 Å². The first kappa shape index (κ1) is 14.8. The molecule has 0 bridgehead atoms. The molecule has 0 aromatic rings. The molecule has 0 saturated carbocycles. The Morgan fingerprint density at radius 1 is 1.56 bits per heavy atom. The second-order valence-corrected chi connectivity index (χ2v) is 4.89. The molecule has 0 aromatic carbocycles. The van der Waals surface area contributed by atoms with Gasteiger partial charge in [-0.25, -0.2) is 4.79 Å². The Morgan fingerprint density at radius 3 is 2.67 bits per heavy atom. The largest absolute Gasteiger partial charge is 0.438 e. The van der Waals surface area contributed by atoms with E-state index in [1.54, 1.807) is 13.0 Å². The first-order valence-corrected chi connectivity index (χ1v) is 6.06. The van der Waals surface area contributed by atoms with Crippen LogP contribution in [0.3, 0.4) is 0 Å². The van der Waals surface area contributed by atoms with Crippen molar-refractivity contribution in [3.63, 3.8) is 0 Å². The number of hydrogen-bond acceptors (Lipinski definition) is 3. The summed E-state index contributed by atoms with van der Waals surface area (Å²) in [6.45, 7) is 9.16. The number of alkyl carbamates (subject to hydrolysis) is 1. The Hall–Kier alpha value is -1.26. The number of halogens is 1. The van der Waals surface area contributed by atoms with Gasteiger partial charge >= 0.3 is 6.09 Å². The van der Waals surface area contributed by atoms with Crippen molar-refractivity contribution in [3.8, 4) is 0 Å². The van der Waals surface area contributed by atoms with E-state index in [-0.39, 0.29) is 0 Å². The molecule has 3 atom stereocenters. The van der Waals surface area contributed by atoms with Gasteiger partial charge in [0.25, 0.3) is 0 Å². The molecule has 5 heteroatoms. The molecule has 1 fully saturated rings. The highest BCUT2D eigenvalue weighted by Crippen LogP contribution is 2.25. The molecule has 0 aliphatic carbocycles. The van der Waals surface area contributed by atoms with Crippen LogP contribution in [-0.2, 0) is 4.74 Å². The second-order valence-electron chi connectivity index (χ2n) is 4.48. The molecule has 1 aliphatic heterocycles. The minimum Gasteiger partial charge on any atom is -0.438 e. The molecular weight excluding hydrogens is 254 g/mol. The van der Waals surface area contributed by atoms with E-state index in [0.29, 0.717) is 10.6 Å². The molecule has 1 amide bonds. The van der Waals surface area contributed by atoms with E-state index in [1.807, 2.05) is 13.8 Å². The molecule has 100 valence electrons. The van der Waals surface area contributed by atoms with Crippen LogP contribution in [-0.4, -0.2) is 29.4 Å². The summed E-state index contributed by atoms with van der Waals surface area (Å²) in [5.74, 6) is 0. The van der Waals surface area contributed by atoms with Crippen LogP contribution in [0.1, 0.15) is 20.8 Å². The number of cyclic esters (lactones) is 1. The van der Waals surface area contributed by atoms with Gasteiger partial charge < -0.3 is 15.2 Å². The van der Waals surface area contributed by atoms with Crippen LogP contribution in [0.25, 0.3) is 0 Å². The van der Waals surface area contributed by atoms with E-state index in [9.17, 15) is 9.90 Å². The van der Waals surface area contributed by atoms with Crippen molar-refractivity contribution in [2.24, 2.45) is 0 Å². The van der Waals surface area contributed by atoms with Gasteiger partial charge in [-0.05, 0) is 26.8 Å². The Morgan fingerprint density at radius 2 is 2.17 bits per heavy atom. The maximum Gasteiger partial charge on any atom is 0.408 e. The fourth-order valence-corrected chi connectivity index (χ4v) is 2.09. The summed E-state index contributed by atoms with van der Waals surface area (Å²) < 4.78 is 5.08. The highest BCUT2D eigenvalue weighted by atomic mass is 35.5. The predicted octanol–water partition coefficient (Wildman–Crippen LogP) is 2.49. The van der Waals surface area contributed by atoms with Crippen LogP contribution in [0.5, 0.6) is 0 Å². The average molecular weight is 272 g/mol. The van der Waals surface area contributed by atoms with Gasteiger partial charge in [0.15, 0.2) is 6.10 Å². The summed E-state index contributed by atoms with van der Waals surface area (Å²) in [5.41, 5.74) is 1.51. The van der Waals surface area contributed by atoms with E-state index in [1.165, 1.54) is 6.08 Å². The van der Waals surface area contributed by atoms with E-state index in [0.717, 1.165) is 5.57 Å². The minimum absolute atomic E-state index is 0.401. The van der Waals surface area contributed by atoms with Crippen molar-refractivity contribution < 1.29 is 14.6 Å². The number of carbonyl (C=O) groups excluding carboxylic acids is 1. The lowest BCUT2D eigenvalue weighted by atomic mass is 9.97. The molecular formula is C13H18ClNO3. The van der Waals surface area contributed by atoms with Crippen LogP contribution in [0.4, 0.5) is 4.79 Å². The predicted molar refractivity (Wildman–Crippen MR) is 71.4 cm³/mol. The van der Waals surface area contributed by atoms with Crippen LogP contribution in [0.15, 0.2) is 34.9 Å². The zero-order valence-corrected chi connectivity index (χ0v) is 11.5. The average Bonchev–Trinajstić information content (AvgIpc) is 2.24. The topological polar surface area (TPSA) is 58.6 Å². The molecule has 0 radical (unpaired) electrons. The van der Waals surface area contributed by atoms with Gasteiger partial charge in [0.05, 0.1) is 6.04 Å². The lowest BCUT2D eigenvalue weighted by molar-refractivity contribution is -0.0201. The Kier molecular flexibility index (Phi) is 4.99. The van der Waals surface area contributed by atoms with Crippen molar-refractivity contribution in [2.75, 3.05) is 0 Å². The first-order chi connectivity index (χ1) is 8.36. The highest BCUT2D eigenvalue weighted by Gasteiger charge is 2.36. The van der Waals surface area contributed by atoms with Gasteiger partial charge in [0.1, 0.15) is 6.10 Å². The van der Waals surface area contributed by atoms with Crippen molar-refractivity contribution in [1.29, 1.82) is 0 Å². The molecule has 4 nitrogen and oxygen atoms in total. The van der Waals surface area contributed by atoms with Crippen molar-refractivity contribution in [2.45, 2.75) is 39.0 Å². The number of aliphatic hydroxyl groups excluding tert-OH is 1. The number of aliphatic hydroxyl groups is 1. The minimum atomic E-state index is -0.866. The Labute approximate surface area is 112 Å². The van der Waals surface area contributed by atoms with E-state index < -0.39 is 24.3 Å². The van der Waals surface area contributed by atoms with Crippen molar-refractivity contribution in [1.82, 2.24) is 5.32 Å². The monoisotopic (exact) mass is 271 g/mol. The van der Waals surface area contributed by atoms with Crippen molar-refractivity contribution >= 4 is 17.7 Å². The summed E-state index contributed by atoms with van der Waals surface area (Å²) in [7, 11) is 0. The molecule has 3 unspecified atom stereocenters. The van der Waals surface area contributed by atoms with Gasteiger partial charge in [0.2, 0.25) is 0 Å². The SMILES string of the molecule is C=C/C(=C(/Cl)C=C(C)C)C1OC(=O)NC(C)C1O. The zero-order chi connectivity index (χ0) is 13.9. The van der Waals surface area contributed by atoms with E-state index in [4.69, 9.17) is 16.3 Å². The lowest BCUT2D eigenvalue weighted by Gasteiger charge is -2.34. The third-order valence-corrected chi connectivity index (χ3v) is 2.95. The molecule has 2 N–H and O–H groups in total. The summed E-state index contributed by atoms with van der Waals surface area (Å²) in [4.78, 5) is 11.3. The normalized spacial score (nSPS) is 28.7. The molecule has 1 heterocycles. The molecule has 1 aliphatic rings. The second kappa shape index (κ2) is 6.07. The van der Waals surface area contributed by atoms with Gasteiger partial charge in [0, 0.05) is 10.6 Å². The first-order valence-electron chi connectivity index (χ1n) is 5.69. The van der Waals surface area contributed by atoms with Gasteiger partial charge in [-0.3, -0.25) is 0 Å². The number of hydrogen-bond donors (Lipinski definition) is 2. The quantitative estimate of drug-likeness (QED) is 0.776. The summed E-state index contributed by atoms with van der Waals surface area (Å²) in [6.07, 6.45) is 1.01. The van der Waals surface area contributed by atoms with Crippen LogP contribution in [0.2, 0.25) is 0 Å². The molecule has 18 heavy (non-hydrogen) atoms. The smallest absolute Gasteiger partial charge is 0.408 e. The summed E-state index contributed by atoms with van der Waals surface area (Å²) in [6, 6.07) is -0.401. The maximum absolute atomic E-state index is 11.3. The zero-order valence-electron chi connectivity index (χ0n) is 10.7. The highest BCUT2D eigenvalue weighted by molar-refractivity contribution is 6.31. The standard InChI is InChI=1S/C13H18ClNO3/c1-5-9(10(14)6-7(2)3)12-11(16)8(4)15-13(17)18-12/h5-6,8,11-12,16H,1H2,2-4H3,(H,15,17)/b10-9-. The van der Waals surface area contributed by atoms with Crippen LogP contribution >= 0.6 is 11.6 Å². The van der Waals surface area contributed by atoms with Gasteiger partial charge in [-0.2, -0.15) is 0 Å². The number of nitrogens with one attached hydrogen (secondary N) is 1. The fourth-order valence-electron chi connectivity index (χ4n) is 1.69. The van der Waals surface area contributed by atoms with Crippen LogP contribution < -0.4 is 5.32 Å². The number of ether oxygens (including phenoxy) is 1. The third-order valence-electron chi connectivity index (χ3n) is 2.62. The molecule has 0 aromatic heterocycles. The Balaban J connectivity index is 3.11. The molecule has 1 rings (SSSR count). The lowest BCUT2D eigenvalue weighted by Crippen LogP contribution is -2.55. The van der Waals surface area contributed by atoms with Gasteiger partial charge in [-0.15, -0.1) is 0 Å². The summed E-state index contributed by atoms with van der Waals surface area (Å²) in [5, 5.41) is 12.9. The molecule has 1 saturated heterocycles. The maximum atomic E-state index is 11.3. The molecule has 0 spiro atoms.